The predicted molar refractivity (Wildman–Crippen MR) is 75.8 cm³/mol. The number of nitrogen functional groups attached to an aromatic ring is 1. The van der Waals surface area contributed by atoms with Gasteiger partial charge in [-0.1, -0.05) is 18.5 Å². The summed E-state index contributed by atoms with van der Waals surface area (Å²) in [5, 5.41) is 3.96. The Morgan fingerprint density at radius 3 is 2.95 bits per heavy atom. The van der Waals surface area contributed by atoms with E-state index in [0.29, 0.717) is 10.8 Å². The number of halogens is 1. The van der Waals surface area contributed by atoms with Crippen LogP contribution < -0.4 is 11.1 Å². The molecular formula is C13H16ClN5. The van der Waals surface area contributed by atoms with Crippen LogP contribution in [0.2, 0.25) is 5.02 Å². The number of anilines is 1. The molecule has 2 rings (SSSR count). The van der Waals surface area contributed by atoms with Gasteiger partial charge in [0.15, 0.2) is 0 Å². The molecule has 0 radical (unpaired) electrons. The van der Waals surface area contributed by atoms with E-state index in [1.54, 1.807) is 6.20 Å². The number of hydrogen-bond donors (Lipinski definition) is 2. The van der Waals surface area contributed by atoms with Crippen LogP contribution in [0.15, 0.2) is 30.9 Å². The van der Waals surface area contributed by atoms with E-state index in [4.69, 9.17) is 17.3 Å². The smallest absolute Gasteiger partial charge is 0.128 e. The van der Waals surface area contributed by atoms with E-state index in [-0.39, 0.29) is 6.04 Å². The van der Waals surface area contributed by atoms with Crippen molar-refractivity contribution in [3.8, 4) is 0 Å². The molecule has 19 heavy (non-hydrogen) atoms. The molecule has 0 spiro atoms. The summed E-state index contributed by atoms with van der Waals surface area (Å²) in [7, 11) is 0. The molecule has 6 heteroatoms. The molecule has 0 aliphatic heterocycles. The first-order valence-electron chi connectivity index (χ1n) is 6.12. The monoisotopic (exact) mass is 277 g/mol. The van der Waals surface area contributed by atoms with Crippen LogP contribution in [0.4, 0.5) is 5.82 Å². The number of rotatable bonds is 5. The first-order valence-corrected chi connectivity index (χ1v) is 6.50. The van der Waals surface area contributed by atoms with Gasteiger partial charge in [0.05, 0.1) is 16.8 Å². The van der Waals surface area contributed by atoms with Crippen LogP contribution in [-0.2, 0) is 0 Å². The average molecular weight is 278 g/mol. The molecule has 0 aromatic carbocycles. The molecule has 0 fully saturated rings. The number of nitrogens with two attached hydrogens (primary N) is 1. The lowest BCUT2D eigenvalue weighted by Crippen LogP contribution is -2.25. The second kappa shape index (κ2) is 6.45. The molecule has 1 unspecified atom stereocenters. The van der Waals surface area contributed by atoms with Crippen LogP contribution in [0, 0.1) is 0 Å². The highest BCUT2D eigenvalue weighted by Gasteiger charge is 2.18. The fourth-order valence-corrected chi connectivity index (χ4v) is 2.00. The van der Waals surface area contributed by atoms with Gasteiger partial charge in [0.1, 0.15) is 12.1 Å². The summed E-state index contributed by atoms with van der Waals surface area (Å²) < 4.78 is 0. The van der Waals surface area contributed by atoms with Crippen molar-refractivity contribution in [1.82, 2.24) is 20.3 Å². The molecular weight excluding hydrogens is 262 g/mol. The van der Waals surface area contributed by atoms with Crippen LogP contribution >= 0.6 is 11.6 Å². The van der Waals surface area contributed by atoms with Gasteiger partial charge in [-0.15, -0.1) is 0 Å². The lowest BCUT2D eigenvalue weighted by molar-refractivity contribution is 0.585. The number of pyridine rings is 1. The number of aromatic nitrogens is 3. The minimum atomic E-state index is -0.130. The Bertz CT molecular complexity index is 532. The van der Waals surface area contributed by atoms with Crippen molar-refractivity contribution in [2.45, 2.75) is 19.4 Å². The molecule has 1 atom stereocenters. The topological polar surface area (TPSA) is 76.7 Å². The number of hydrogen-bond acceptors (Lipinski definition) is 5. The van der Waals surface area contributed by atoms with Gasteiger partial charge in [0.2, 0.25) is 0 Å². The van der Waals surface area contributed by atoms with E-state index in [2.05, 4.69) is 27.2 Å². The van der Waals surface area contributed by atoms with Crippen molar-refractivity contribution in [3.05, 3.63) is 47.1 Å². The van der Waals surface area contributed by atoms with Gasteiger partial charge in [0.25, 0.3) is 0 Å². The van der Waals surface area contributed by atoms with E-state index in [1.165, 1.54) is 12.5 Å². The van der Waals surface area contributed by atoms with E-state index < -0.39 is 0 Å². The van der Waals surface area contributed by atoms with Crippen LogP contribution in [0.5, 0.6) is 0 Å². The van der Waals surface area contributed by atoms with Gasteiger partial charge in [-0.25, -0.2) is 15.0 Å². The van der Waals surface area contributed by atoms with Crippen molar-refractivity contribution < 1.29 is 0 Å². The molecule has 0 aliphatic carbocycles. The molecule has 0 amide bonds. The lowest BCUT2D eigenvalue weighted by atomic mass is 10.0. The zero-order valence-corrected chi connectivity index (χ0v) is 11.4. The van der Waals surface area contributed by atoms with E-state index in [0.717, 1.165) is 24.2 Å². The highest BCUT2D eigenvalue weighted by atomic mass is 35.5. The Morgan fingerprint density at radius 1 is 1.42 bits per heavy atom. The fraction of sp³-hybridized carbons (Fsp3) is 0.308. The molecule has 2 aromatic heterocycles. The Hall–Kier alpha value is -1.72. The zero-order valence-electron chi connectivity index (χ0n) is 10.7. The van der Waals surface area contributed by atoms with Crippen molar-refractivity contribution in [1.29, 1.82) is 0 Å². The van der Waals surface area contributed by atoms with Gasteiger partial charge >= 0.3 is 0 Å². The molecule has 5 nitrogen and oxygen atoms in total. The summed E-state index contributed by atoms with van der Waals surface area (Å²) in [6, 6.07) is 3.54. The predicted octanol–water partition coefficient (Wildman–Crippen LogP) is 2.20. The third kappa shape index (κ3) is 3.39. The standard InChI is InChI=1S/C13H16ClN5/c1-2-4-17-12(11-3-5-16-8-19-11)10-6-9(14)7-18-13(10)15/h3,5-8,12,17H,2,4H2,1H3,(H2,15,18). The fourth-order valence-electron chi connectivity index (χ4n) is 1.83. The van der Waals surface area contributed by atoms with Gasteiger partial charge < -0.3 is 11.1 Å². The molecule has 100 valence electrons. The van der Waals surface area contributed by atoms with E-state index in [9.17, 15) is 0 Å². The highest BCUT2D eigenvalue weighted by molar-refractivity contribution is 6.30. The Morgan fingerprint density at radius 2 is 2.26 bits per heavy atom. The number of nitrogens with one attached hydrogen (secondary N) is 1. The van der Waals surface area contributed by atoms with Crippen LogP contribution in [0.3, 0.4) is 0 Å². The second-order valence-electron chi connectivity index (χ2n) is 4.15. The largest absolute Gasteiger partial charge is 0.383 e. The lowest BCUT2D eigenvalue weighted by Gasteiger charge is -2.19. The maximum atomic E-state index is 6.00. The van der Waals surface area contributed by atoms with Crippen LogP contribution in [0.1, 0.15) is 30.6 Å². The van der Waals surface area contributed by atoms with Crippen molar-refractivity contribution in [3.63, 3.8) is 0 Å². The minimum Gasteiger partial charge on any atom is -0.383 e. The van der Waals surface area contributed by atoms with Crippen molar-refractivity contribution in [2.24, 2.45) is 0 Å². The third-order valence-electron chi connectivity index (χ3n) is 2.73. The Balaban J connectivity index is 2.40. The number of nitrogens with zero attached hydrogens (tertiary/aromatic N) is 3. The second-order valence-corrected chi connectivity index (χ2v) is 4.59. The Kier molecular flexibility index (Phi) is 4.65. The van der Waals surface area contributed by atoms with Crippen molar-refractivity contribution in [2.75, 3.05) is 12.3 Å². The normalized spacial score (nSPS) is 12.3. The molecule has 0 aliphatic rings. The minimum absolute atomic E-state index is 0.130. The molecule has 3 N–H and O–H groups in total. The maximum Gasteiger partial charge on any atom is 0.128 e. The van der Waals surface area contributed by atoms with Crippen LogP contribution in [-0.4, -0.2) is 21.5 Å². The molecule has 0 saturated heterocycles. The molecule has 2 aromatic rings. The van der Waals surface area contributed by atoms with E-state index in [1.807, 2.05) is 12.1 Å². The van der Waals surface area contributed by atoms with Gasteiger partial charge in [-0.2, -0.15) is 0 Å². The first kappa shape index (κ1) is 13.7. The SMILES string of the molecule is CCCNC(c1ccncn1)c1cc(Cl)cnc1N. The summed E-state index contributed by atoms with van der Waals surface area (Å²) in [4.78, 5) is 12.3. The molecule has 2 heterocycles. The molecule has 0 saturated carbocycles. The summed E-state index contributed by atoms with van der Waals surface area (Å²) >= 11 is 6.00. The summed E-state index contributed by atoms with van der Waals surface area (Å²) in [6.07, 6.45) is 5.77. The zero-order chi connectivity index (χ0) is 13.7. The first-order chi connectivity index (χ1) is 9.22. The summed E-state index contributed by atoms with van der Waals surface area (Å²) in [5.74, 6) is 0.455. The van der Waals surface area contributed by atoms with Crippen molar-refractivity contribution >= 4 is 17.4 Å². The van der Waals surface area contributed by atoms with Gasteiger partial charge in [-0.3, -0.25) is 0 Å². The maximum absolute atomic E-state index is 6.00. The van der Waals surface area contributed by atoms with E-state index >= 15 is 0 Å². The third-order valence-corrected chi connectivity index (χ3v) is 2.93. The average Bonchev–Trinajstić information content (AvgIpc) is 2.44. The summed E-state index contributed by atoms with van der Waals surface area (Å²) in [6.45, 7) is 2.95. The molecule has 0 bridgehead atoms. The van der Waals surface area contributed by atoms with Gasteiger partial charge in [0, 0.05) is 18.0 Å². The highest BCUT2D eigenvalue weighted by Crippen LogP contribution is 2.26. The summed E-state index contributed by atoms with van der Waals surface area (Å²) in [5.41, 5.74) is 7.63. The van der Waals surface area contributed by atoms with Crippen LogP contribution in [0.25, 0.3) is 0 Å². The van der Waals surface area contributed by atoms with Gasteiger partial charge in [-0.05, 0) is 25.1 Å². The Labute approximate surface area is 117 Å². The quantitative estimate of drug-likeness (QED) is 0.876.